The molecule has 1 N–H and O–H groups in total. The molecule has 0 aliphatic heterocycles. The molecule has 27 heavy (non-hydrogen) atoms. The van der Waals surface area contributed by atoms with Crippen molar-refractivity contribution in [2.45, 2.75) is 6.61 Å². The van der Waals surface area contributed by atoms with Crippen LogP contribution in [-0.2, 0) is 6.61 Å². The average molecular weight is 360 g/mol. The van der Waals surface area contributed by atoms with Gasteiger partial charge in [0.05, 0.1) is 13.3 Å². The topological polar surface area (TPSA) is 59.9 Å². The SMILES string of the molecule is COc1cccc(C(=O)N/N=C/c2ccc(OCc3ccccc3)cc2)c1. The molecule has 5 heteroatoms. The van der Waals surface area contributed by atoms with E-state index in [2.05, 4.69) is 10.5 Å². The first-order valence-corrected chi connectivity index (χ1v) is 8.49. The second-order valence-electron chi connectivity index (χ2n) is 5.77. The van der Waals surface area contributed by atoms with E-state index in [0.717, 1.165) is 16.9 Å². The first kappa shape index (κ1) is 18.2. The van der Waals surface area contributed by atoms with Gasteiger partial charge in [-0.15, -0.1) is 0 Å². The summed E-state index contributed by atoms with van der Waals surface area (Å²) in [6, 6.07) is 24.4. The lowest BCUT2D eigenvalue weighted by atomic mass is 10.2. The van der Waals surface area contributed by atoms with E-state index in [9.17, 15) is 4.79 Å². The summed E-state index contributed by atoms with van der Waals surface area (Å²) in [7, 11) is 1.56. The number of ether oxygens (including phenoxy) is 2. The summed E-state index contributed by atoms with van der Waals surface area (Å²) in [5.41, 5.74) is 4.96. The normalized spacial score (nSPS) is 10.6. The summed E-state index contributed by atoms with van der Waals surface area (Å²) in [6.45, 7) is 0.519. The molecule has 0 aliphatic rings. The van der Waals surface area contributed by atoms with Crippen molar-refractivity contribution in [3.05, 3.63) is 95.6 Å². The molecule has 5 nitrogen and oxygen atoms in total. The van der Waals surface area contributed by atoms with Crippen LogP contribution >= 0.6 is 0 Å². The molecule has 3 rings (SSSR count). The van der Waals surface area contributed by atoms with E-state index in [0.29, 0.717) is 17.9 Å². The van der Waals surface area contributed by atoms with E-state index in [-0.39, 0.29) is 5.91 Å². The number of hydrogen-bond acceptors (Lipinski definition) is 4. The zero-order valence-electron chi connectivity index (χ0n) is 15.0. The van der Waals surface area contributed by atoms with E-state index in [4.69, 9.17) is 9.47 Å². The summed E-state index contributed by atoms with van der Waals surface area (Å²) >= 11 is 0. The zero-order valence-corrected chi connectivity index (χ0v) is 15.0. The number of amides is 1. The molecular weight excluding hydrogens is 340 g/mol. The summed E-state index contributed by atoms with van der Waals surface area (Å²) in [4.78, 5) is 12.1. The minimum absolute atomic E-state index is 0.298. The van der Waals surface area contributed by atoms with Gasteiger partial charge in [-0.3, -0.25) is 4.79 Å². The highest BCUT2D eigenvalue weighted by molar-refractivity contribution is 5.95. The quantitative estimate of drug-likeness (QED) is 0.511. The Balaban J connectivity index is 1.52. The largest absolute Gasteiger partial charge is 0.497 e. The van der Waals surface area contributed by atoms with Crippen molar-refractivity contribution >= 4 is 12.1 Å². The minimum atomic E-state index is -0.298. The van der Waals surface area contributed by atoms with Crippen molar-refractivity contribution in [3.8, 4) is 11.5 Å². The molecule has 0 bridgehead atoms. The molecule has 0 fully saturated rings. The fraction of sp³-hybridized carbons (Fsp3) is 0.0909. The van der Waals surface area contributed by atoms with Crippen LogP contribution < -0.4 is 14.9 Å². The lowest BCUT2D eigenvalue weighted by Crippen LogP contribution is -2.17. The molecule has 136 valence electrons. The maximum atomic E-state index is 12.1. The molecule has 0 aromatic heterocycles. The molecule has 0 radical (unpaired) electrons. The van der Waals surface area contributed by atoms with Crippen molar-refractivity contribution in [2.24, 2.45) is 5.10 Å². The molecule has 0 aliphatic carbocycles. The van der Waals surface area contributed by atoms with Gasteiger partial charge in [-0.1, -0.05) is 36.4 Å². The second-order valence-corrected chi connectivity index (χ2v) is 5.77. The van der Waals surface area contributed by atoms with Crippen LogP contribution in [0.5, 0.6) is 11.5 Å². The second kappa shape index (κ2) is 9.20. The first-order chi connectivity index (χ1) is 13.2. The van der Waals surface area contributed by atoms with Gasteiger partial charge in [0, 0.05) is 5.56 Å². The molecule has 0 saturated heterocycles. The lowest BCUT2D eigenvalue weighted by Gasteiger charge is -2.06. The summed E-state index contributed by atoms with van der Waals surface area (Å²) in [5, 5.41) is 3.99. The predicted molar refractivity (Wildman–Crippen MR) is 105 cm³/mol. The van der Waals surface area contributed by atoms with Crippen LogP contribution in [0.4, 0.5) is 0 Å². The highest BCUT2D eigenvalue weighted by Crippen LogP contribution is 2.14. The van der Waals surface area contributed by atoms with Crippen LogP contribution in [0, 0.1) is 0 Å². The van der Waals surface area contributed by atoms with Crippen molar-refractivity contribution in [3.63, 3.8) is 0 Å². The maximum Gasteiger partial charge on any atom is 0.271 e. The monoisotopic (exact) mass is 360 g/mol. The third kappa shape index (κ3) is 5.44. The van der Waals surface area contributed by atoms with E-state index in [1.807, 2.05) is 54.6 Å². The average Bonchev–Trinajstić information content (AvgIpc) is 2.74. The highest BCUT2D eigenvalue weighted by atomic mass is 16.5. The van der Waals surface area contributed by atoms with Crippen molar-refractivity contribution < 1.29 is 14.3 Å². The standard InChI is InChI=1S/C22H20N2O3/c1-26-21-9-5-8-19(14-21)22(25)24-23-15-17-10-12-20(13-11-17)27-16-18-6-3-2-4-7-18/h2-15H,16H2,1H3,(H,24,25)/b23-15+. The summed E-state index contributed by atoms with van der Waals surface area (Å²) in [6.07, 6.45) is 1.58. The van der Waals surface area contributed by atoms with Gasteiger partial charge in [0.25, 0.3) is 5.91 Å². The van der Waals surface area contributed by atoms with Crippen LogP contribution in [-0.4, -0.2) is 19.2 Å². The fourth-order valence-electron chi connectivity index (χ4n) is 2.39. The van der Waals surface area contributed by atoms with Crippen LogP contribution in [0.3, 0.4) is 0 Å². The molecule has 0 unspecified atom stereocenters. The number of benzene rings is 3. The summed E-state index contributed by atoms with van der Waals surface area (Å²) in [5.74, 6) is 1.10. The van der Waals surface area contributed by atoms with Crippen molar-refractivity contribution in [1.82, 2.24) is 5.43 Å². The number of nitrogens with one attached hydrogen (secondary N) is 1. The van der Waals surface area contributed by atoms with Gasteiger partial charge in [-0.25, -0.2) is 5.43 Å². The predicted octanol–water partition coefficient (Wildman–Crippen LogP) is 4.04. The number of hydrazone groups is 1. The molecular formula is C22H20N2O3. The van der Waals surface area contributed by atoms with Crippen LogP contribution in [0.1, 0.15) is 21.5 Å². The van der Waals surface area contributed by atoms with Gasteiger partial charge >= 0.3 is 0 Å². The molecule has 0 heterocycles. The number of methoxy groups -OCH3 is 1. The Morgan fingerprint density at radius 3 is 2.48 bits per heavy atom. The highest BCUT2D eigenvalue weighted by Gasteiger charge is 2.04. The molecule has 0 spiro atoms. The van der Waals surface area contributed by atoms with Crippen molar-refractivity contribution in [2.75, 3.05) is 7.11 Å². The van der Waals surface area contributed by atoms with Gasteiger partial charge in [-0.05, 0) is 53.6 Å². The van der Waals surface area contributed by atoms with E-state index >= 15 is 0 Å². The van der Waals surface area contributed by atoms with Gasteiger partial charge in [0.2, 0.25) is 0 Å². The number of nitrogens with zero attached hydrogens (tertiary/aromatic N) is 1. The molecule has 0 saturated carbocycles. The third-order valence-electron chi connectivity index (χ3n) is 3.84. The molecule has 3 aromatic rings. The molecule has 0 atom stereocenters. The van der Waals surface area contributed by atoms with E-state index in [1.165, 1.54) is 0 Å². The van der Waals surface area contributed by atoms with Gasteiger partial charge < -0.3 is 9.47 Å². The molecule has 3 aromatic carbocycles. The van der Waals surface area contributed by atoms with Gasteiger partial charge in [-0.2, -0.15) is 5.10 Å². The minimum Gasteiger partial charge on any atom is -0.497 e. The van der Waals surface area contributed by atoms with E-state index < -0.39 is 0 Å². The Hall–Kier alpha value is -3.60. The Bertz CT molecular complexity index is 906. The van der Waals surface area contributed by atoms with E-state index in [1.54, 1.807) is 37.6 Å². The van der Waals surface area contributed by atoms with Gasteiger partial charge in [0.15, 0.2) is 0 Å². The Labute approximate surface area is 158 Å². The number of hydrogen-bond donors (Lipinski definition) is 1. The smallest absolute Gasteiger partial charge is 0.271 e. The molecule has 1 amide bonds. The van der Waals surface area contributed by atoms with Crippen LogP contribution in [0.15, 0.2) is 84.0 Å². The first-order valence-electron chi connectivity index (χ1n) is 8.49. The number of carbonyl (C=O) groups excluding carboxylic acids is 1. The van der Waals surface area contributed by atoms with Crippen LogP contribution in [0.2, 0.25) is 0 Å². The Morgan fingerprint density at radius 1 is 0.963 bits per heavy atom. The summed E-state index contributed by atoms with van der Waals surface area (Å²) < 4.78 is 10.9. The van der Waals surface area contributed by atoms with Crippen molar-refractivity contribution in [1.29, 1.82) is 0 Å². The Kier molecular flexibility index (Phi) is 6.20. The Morgan fingerprint density at radius 2 is 1.74 bits per heavy atom. The van der Waals surface area contributed by atoms with Gasteiger partial charge in [0.1, 0.15) is 18.1 Å². The van der Waals surface area contributed by atoms with Crippen LogP contribution in [0.25, 0.3) is 0 Å². The maximum absolute atomic E-state index is 12.1. The lowest BCUT2D eigenvalue weighted by molar-refractivity contribution is 0.0955. The number of carbonyl (C=O) groups is 1. The zero-order chi connectivity index (χ0) is 18.9. The third-order valence-corrected chi connectivity index (χ3v) is 3.84. The number of rotatable bonds is 7. The fourth-order valence-corrected chi connectivity index (χ4v) is 2.39.